The van der Waals surface area contributed by atoms with Crippen molar-refractivity contribution in [1.29, 1.82) is 0 Å². The number of hydrogen-bond donors (Lipinski definition) is 3. The lowest BCUT2D eigenvalue weighted by Crippen LogP contribution is -2.57. The number of nitrogens with one attached hydrogen (secondary N) is 2. The van der Waals surface area contributed by atoms with Gasteiger partial charge >= 0.3 is 6.09 Å². The summed E-state index contributed by atoms with van der Waals surface area (Å²) in [4.78, 5) is 36.9. The Labute approximate surface area is 271 Å². The van der Waals surface area contributed by atoms with Gasteiger partial charge in [0.2, 0.25) is 15.9 Å². The molecule has 0 unspecified atom stereocenters. The Bertz CT molecular complexity index is 1500. The molecule has 3 aromatic carbocycles. The smallest absolute Gasteiger partial charge is 0.408 e. The molecule has 11 nitrogen and oxygen atoms in total. The Balaban J connectivity index is 1.81. The van der Waals surface area contributed by atoms with Gasteiger partial charge in [-0.15, -0.1) is 0 Å². The molecule has 0 spiro atoms. The molecule has 3 N–H and O–H groups in total. The van der Waals surface area contributed by atoms with E-state index in [-0.39, 0.29) is 49.4 Å². The molecule has 12 heteroatoms. The van der Waals surface area contributed by atoms with Crippen molar-refractivity contribution < 1.29 is 27.9 Å². The molecule has 3 rings (SSSR count). The molecular weight excluding hydrogens is 608 g/mol. The molecule has 0 aromatic heterocycles. The first kappa shape index (κ1) is 36.3. The van der Waals surface area contributed by atoms with Crippen LogP contribution in [-0.2, 0) is 39.1 Å². The van der Waals surface area contributed by atoms with Crippen molar-refractivity contribution >= 4 is 22.0 Å². The fourth-order valence-electron chi connectivity index (χ4n) is 4.85. The lowest BCUT2D eigenvalue weighted by Gasteiger charge is -2.32. The van der Waals surface area contributed by atoms with Gasteiger partial charge in [-0.3, -0.25) is 4.79 Å². The van der Waals surface area contributed by atoms with E-state index in [1.54, 1.807) is 13.8 Å². The summed E-state index contributed by atoms with van der Waals surface area (Å²) in [5, 5.41) is 19.9. The van der Waals surface area contributed by atoms with Crippen molar-refractivity contribution in [1.82, 2.24) is 14.9 Å². The molecule has 0 radical (unpaired) electrons. The SMILES string of the molecule is CC(C)CN(C[C@@H](O)[C@H](Cc1ccccc1)NC(=O)[C@@H](NC(=O)OCc1ccccc1)C(C)C)S(=O)(=O)c1ccc(CN=O)cc1. The van der Waals surface area contributed by atoms with E-state index in [9.17, 15) is 28.0 Å². The van der Waals surface area contributed by atoms with Crippen LogP contribution in [0.1, 0.15) is 44.4 Å². The molecule has 0 heterocycles. The Hall–Kier alpha value is -4.13. The number of rotatable bonds is 17. The molecule has 0 bridgehead atoms. The van der Waals surface area contributed by atoms with Gasteiger partial charge in [-0.2, -0.15) is 9.21 Å². The van der Waals surface area contributed by atoms with E-state index in [0.717, 1.165) is 11.1 Å². The highest BCUT2D eigenvalue weighted by atomic mass is 32.2. The first-order chi connectivity index (χ1) is 21.9. The molecular formula is C34H44N4O7S. The van der Waals surface area contributed by atoms with Crippen LogP contribution in [0.4, 0.5) is 4.79 Å². The van der Waals surface area contributed by atoms with Crippen molar-refractivity contribution in [2.45, 2.75) is 70.4 Å². The molecule has 248 valence electrons. The fraction of sp³-hybridized carbons (Fsp3) is 0.412. The second-order valence-corrected chi connectivity index (χ2v) is 13.9. The highest BCUT2D eigenvalue weighted by Crippen LogP contribution is 2.20. The average Bonchev–Trinajstić information content (AvgIpc) is 3.03. The molecule has 0 aliphatic rings. The number of sulfonamides is 1. The topological polar surface area (TPSA) is 154 Å². The molecule has 0 aliphatic heterocycles. The van der Waals surface area contributed by atoms with Gasteiger partial charge in [0.05, 0.1) is 17.0 Å². The van der Waals surface area contributed by atoms with Crippen molar-refractivity contribution in [2.75, 3.05) is 13.1 Å². The van der Waals surface area contributed by atoms with Gasteiger partial charge in [0, 0.05) is 13.1 Å². The summed E-state index contributed by atoms with van der Waals surface area (Å²) >= 11 is 0. The number of aliphatic hydroxyl groups excluding tert-OH is 1. The molecule has 3 atom stereocenters. The highest BCUT2D eigenvalue weighted by molar-refractivity contribution is 7.89. The van der Waals surface area contributed by atoms with Gasteiger partial charge in [0.25, 0.3) is 0 Å². The maximum Gasteiger partial charge on any atom is 0.408 e. The van der Waals surface area contributed by atoms with E-state index < -0.39 is 40.2 Å². The number of carbonyl (C=O) groups is 2. The molecule has 0 saturated carbocycles. The largest absolute Gasteiger partial charge is 0.445 e. The first-order valence-electron chi connectivity index (χ1n) is 15.3. The Morgan fingerprint density at radius 2 is 1.41 bits per heavy atom. The number of aliphatic hydroxyl groups is 1. The number of ether oxygens (including phenoxy) is 1. The summed E-state index contributed by atoms with van der Waals surface area (Å²) < 4.78 is 34.0. The number of alkyl carbamates (subject to hydrolysis) is 1. The number of amides is 2. The minimum absolute atomic E-state index is 0.0109. The van der Waals surface area contributed by atoms with E-state index in [2.05, 4.69) is 15.8 Å². The Morgan fingerprint density at radius 3 is 1.96 bits per heavy atom. The van der Waals surface area contributed by atoms with E-state index in [4.69, 9.17) is 4.74 Å². The van der Waals surface area contributed by atoms with Crippen LogP contribution in [0.3, 0.4) is 0 Å². The minimum Gasteiger partial charge on any atom is -0.445 e. The number of hydrogen-bond acceptors (Lipinski definition) is 8. The third-order valence-corrected chi connectivity index (χ3v) is 9.14. The van der Waals surface area contributed by atoms with Gasteiger partial charge < -0.3 is 20.5 Å². The monoisotopic (exact) mass is 652 g/mol. The van der Waals surface area contributed by atoms with Crippen molar-refractivity contribution in [3.05, 3.63) is 107 Å². The Morgan fingerprint density at radius 1 is 0.826 bits per heavy atom. The van der Waals surface area contributed by atoms with Crippen molar-refractivity contribution in [2.24, 2.45) is 17.0 Å². The predicted molar refractivity (Wildman–Crippen MR) is 176 cm³/mol. The number of nitroso groups, excluding NO2 is 1. The first-order valence-corrected chi connectivity index (χ1v) is 16.7. The van der Waals surface area contributed by atoms with Crippen LogP contribution >= 0.6 is 0 Å². The summed E-state index contributed by atoms with van der Waals surface area (Å²) in [5.74, 6) is -0.933. The standard InChI is InChI=1S/C34H44N4O7S/c1-24(2)21-38(46(43,44)29-17-15-27(16-18-29)20-35-42)22-31(39)30(19-26-11-7-5-8-12-26)36-33(40)32(25(3)4)37-34(41)45-23-28-13-9-6-10-14-28/h5-18,24-25,30-32,39H,19-23H2,1-4H3,(H,36,40)(H,37,41)/t30-,31+,32-/m0/s1. The summed E-state index contributed by atoms with van der Waals surface area (Å²) in [7, 11) is -4.05. The fourth-order valence-corrected chi connectivity index (χ4v) is 6.48. The van der Waals surface area contributed by atoms with Gasteiger partial charge in [-0.25, -0.2) is 13.2 Å². The second-order valence-electron chi connectivity index (χ2n) is 11.9. The van der Waals surface area contributed by atoms with Crippen LogP contribution in [0.25, 0.3) is 0 Å². The molecule has 2 amide bonds. The van der Waals surface area contributed by atoms with Gasteiger partial charge in [0.15, 0.2) is 0 Å². The van der Waals surface area contributed by atoms with Gasteiger partial charge in [-0.05, 0) is 47.1 Å². The van der Waals surface area contributed by atoms with Gasteiger partial charge in [-0.1, -0.05) is 106 Å². The van der Waals surface area contributed by atoms with Crippen LogP contribution < -0.4 is 10.6 Å². The maximum atomic E-state index is 13.7. The molecule has 46 heavy (non-hydrogen) atoms. The van der Waals surface area contributed by atoms with Crippen molar-refractivity contribution in [3.63, 3.8) is 0 Å². The summed E-state index contributed by atoms with van der Waals surface area (Å²) in [6.07, 6.45) is -1.86. The van der Waals surface area contributed by atoms with Crippen molar-refractivity contribution in [3.8, 4) is 0 Å². The molecule has 0 aliphatic carbocycles. The van der Waals surface area contributed by atoms with E-state index in [1.165, 1.54) is 28.6 Å². The third-order valence-electron chi connectivity index (χ3n) is 7.29. The average molecular weight is 653 g/mol. The second kappa shape index (κ2) is 17.5. The normalized spacial score (nSPS) is 13.7. The van der Waals surface area contributed by atoms with Crippen LogP contribution in [0.15, 0.2) is 95.0 Å². The molecule has 0 saturated heterocycles. The number of benzene rings is 3. The summed E-state index contributed by atoms with van der Waals surface area (Å²) in [6.45, 7) is 7.06. The van der Waals surface area contributed by atoms with Crippen LogP contribution in [0.2, 0.25) is 0 Å². The maximum absolute atomic E-state index is 13.7. The third kappa shape index (κ3) is 11.0. The van der Waals surface area contributed by atoms with Gasteiger partial charge in [0.1, 0.15) is 19.2 Å². The van der Waals surface area contributed by atoms with Crippen LogP contribution in [0, 0.1) is 16.7 Å². The van der Waals surface area contributed by atoms with E-state index in [0.29, 0.717) is 5.56 Å². The number of carbonyl (C=O) groups excluding carboxylic acids is 2. The van der Waals surface area contributed by atoms with E-state index >= 15 is 0 Å². The zero-order chi connectivity index (χ0) is 33.7. The zero-order valence-electron chi connectivity index (χ0n) is 26.7. The van der Waals surface area contributed by atoms with E-state index in [1.807, 2.05) is 74.5 Å². The minimum atomic E-state index is -4.05. The summed E-state index contributed by atoms with van der Waals surface area (Å²) in [5.41, 5.74) is 2.19. The lowest BCUT2D eigenvalue weighted by atomic mass is 9.98. The molecule has 3 aromatic rings. The van der Waals surface area contributed by atoms with Crippen LogP contribution in [-0.4, -0.2) is 61.1 Å². The highest BCUT2D eigenvalue weighted by Gasteiger charge is 2.33. The zero-order valence-corrected chi connectivity index (χ0v) is 27.5. The quantitative estimate of drug-likeness (QED) is 0.180. The Kier molecular flexibility index (Phi) is 13.9. The van der Waals surface area contributed by atoms with Crippen LogP contribution in [0.5, 0.6) is 0 Å². The molecule has 0 fully saturated rings. The lowest BCUT2D eigenvalue weighted by molar-refractivity contribution is -0.125. The number of nitrogens with zero attached hydrogens (tertiary/aromatic N) is 2. The summed E-state index contributed by atoms with van der Waals surface area (Å²) in [6, 6.07) is 22.4. The predicted octanol–water partition coefficient (Wildman–Crippen LogP) is 4.64.